The average molecular weight is 338 g/mol. The minimum Gasteiger partial charge on any atom is -0.386 e. The van der Waals surface area contributed by atoms with E-state index < -0.39 is 43.9 Å². The van der Waals surface area contributed by atoms with Crippen molar-refractivity contribution in [2.24, 2.45) is 0 Å². The molecule has 0 saturated heterocycles. The van der Waals surface area contributed by atoms with Gasteiger partial charge in [0.2, 0.25) is 0 Å². The first-order valence-corrected chi connectivity index (χ1v) is 7.74. The highest BCUT2D eigenvalue weighted by molar-refractivity contribution is 7.86. The summed E-state index contributed by atoms with van der Waals surface area (Å²) in [7, 11) is -4.88. The Morgan fingerprint density at radius 1 is 1.04 bits per heavy atom. The van der Waals surface area contributed by atoms with Gasteiger partial charge in [0.15, 0.2) is 0 Å². The van der Waals surface area contributed by atoms with E-state index in [2.05, 4.69) is 4.74 Å². The van der Waals surface area contributed by atoms with E-state index in [0.717, 1.165) is 19.1 Å². The second-order valence-electron chi connectivity index (χ2n) is 4.57. The predicted molar refractivity (Wildman–Crippen MR) is 77.1 cm³/mol. The highest BCUT2D eigenvalue weighted by Gasteiger charge is 2.27. The molecule has 0 aliphatic carbocycles. The summed E-state index contributed by atoms with van der Waals surface area (Å²) in [6, 6.07) is 9.21. The van der Waals surface area contributed by atoms with Gasteiger partial charge in [0.05, 0.1) is 11.1 Å². The van der Waals surface area contributed by atoms with Gasteiger partial charge in [-0.15, -0.1) is 0 Å². The van der Waals surface area contributed by atoms with Crippen molar-refractivity contribution in [1.82, 2.24) is 0 Å². The summed E-state index contributed by atoms with van der Waals surface area (Å²) in [6.07, 6.45) is 0. The first-order chi connectivity index (χ1) is 10.7. The minimum atomic E-state index is -4.88. The van der Waals surface area contributed by atoms with Crippen LogP contribution in [0.3, 0.4) is 0 Å². The highest BCUT2D eigenvalue weighted by Crippen LogP contribution is 2.24. The zero-order chi connectivity index (χ0) is 17.2. The summed E-state index contributed by atoms with van der Waals surface area (Å²) in [5.41, 5.74) is -1.00. The van der Waals surface area contributed by atoms with Crippen molar-refractivity contribution in [3.63, 3.8) is 0 Å². The molecule has 0 bridgehead atoms. The van der Waals surface area contributed by atoms with Crippen LogP contribution in [-0.2, 0) is 14.9 Å². The van der Waals surface area contributed by atoms with Crippen molar-refractivity contribution < 1.29 is 31.7 Å². The molecule has 0 aliphatic heterocycles. The third-order valence-electron chi connectivity index (χ3n) is 3.01. The maximum absolute atomic E-state index is 13.5. The van der Waals surface area contributed by atoms with Gasteiger partial charge < -0.3 is 4.74 Å². The maximum Gasteiger partial charge on any atom is 0.347 e. The number of halogens is 1. The zero-order valence-electron chi connectivity index (χ0n) is 11.8. The van der Waals surface area contributed by atoms with E-state index in [-0.39, 0.29) is 5.56 Å². The molecule has 0 radical (unpaired) electrons. The van der Waals surface area contributed by atoms with Crippen LogP contribution in [0.5, 0.6) is 0 Å². The van der Waals surface area contributed by atoms with Crippen LogP contribution in [0.4, 0.5) is 4.39 Å². The SMILES string of the molecule is Cc1c(F)ccc(C(=O)OC(=O)c2ccccc2)c1S(=O)(=O)O. The van der Waals surface area contributed by atoms with E-state index in [1.807, 2.05) is 0 Å². The molecule has 0 amide bonds. The van der Waals surface area contributed by atoms with E-state index in [0.29, 0.717) is 0 Å². The lowest BCUT2D eigenvalue weighted by atomic mass is 10.1. The molecule has 0 saturated carbocycles. The molecule has 2 aromatic rings. The molecule has 2 rings (SSSR count). The van der Waals surface area contributed by atoms with Gasteiger partial charge in [0, 0.05) is 5.56 Å². The second kappa shape index (κ2) is 6.27. The summed E-state index contributed by atoms with van der Waals surface area (Å²) in [5.74, 6) is -3.24. The molecule has 0 atom stereocenters. The van der Waals surface area contributed by atoms with E-state index in [1.54, 1.807) is 18.2 Å². The van der Waals surface area contributed by atoms with E-state index >= 15 is 0 Å². The van der Waals surface area contributed by atoms with Crippen molar-refractivity contribution in [2.75, 3.05) is 0 Å². The Bertz CT molecular complexity index is 874. The molecule has 2 aromatic carbocycles. The Morgan fingerprint density at radius 3 is 2.22 bits per heavy atom. The molecular formula is C15H11FO6S. The van der Waals surface area contributed by atoms with Gasteiger partial charge in [-0.05, 0) is 31.2 Å². The molecule has 8 heteroatoms. The van der Waals surface area contributed by atoms with Crippen LogP contribution in [0.2, 0.25) is 0 Å². The van der Waals surface area contributed by atoms with Gasteiger partial charge in [-0.25, -0.2) is 14.0 Å². The molecule has 1 N–H and O–H groups in total. The fourth-order valence-electron chi connectivity index (χ4n) is 1.93. The van der Waals surface area contributed by atoms with Gasteiger partial charge in [-0.1, -0.05) is 18.2 Å². The lowest BCUT2D eigenvalue weighted by molar-refractivity contribution is 0.0394. The topological polar surface area (TPSA) is 97.7 Å². The van der Waals surface area contributed by atoms with Crippen LogP contribution in [0.15, 0.2) is 47.4 Å². The quantitative estimate of drug-likeness (QED) is 0.524. The van der Waals surface area contributed by atoms with Crippen LogP contribution in [0.1, 0.15) is 26.3 Å². The van der Waals surface area contributed by atoms with Crippen molar-refractivity contribution >= 4 is 22.1 Å². The first-order valence-electron chi connectivity index (χ1n) is 6.30. The summed E-state index contributed by atoms with van der Waals surface area (Å²) in [6.45, 7) is 1.08. The van der Waals surface area contributed by atoms with E-state index in [1.165, 1.54) is 12.1 Å². The van der Waals surface area contributed by atoms with Gasteiger partial charge >= 0.3 is 11.9 Å². The van der Waals surface area contributed by atoms with Crippen LogP contribution >= 0.6 is 0 Å². The van der Waals surface area contributed by atoms with E-state index in [4.69, 9.17) is 0 Å². The van der Waals surface area contributed by atoms with Crippen LogP contribution < -0.4 is 0 Å². The van der Waals surface area contributed by atoms with Crippen LogP contribution in [0.25, 0.3) is 0 Å². The zero-order valence-corrected chi connectivity index (χ0v) is 12.6. The first kappa shape index (κ1) is 16.8. The molecule has 0 spiro atoms. The van der Waals surface area contributed by atoms with Crippen LogP contribution in [0, 0.1) is 12.7 Å². The highest BCUT2D eigenvalue weighted by atomic mass is 32.2. The largest absolute Gasteiger partial charge is 0.386 e. The van der Waals surface area contributed by atoms with E-state index in [9.17, 15) is 27.0 Å². The lowest BCUT2D eigenvalue weighted by Crippen LogP contribution is -2.17. The van der Waals surface area contributed by atoms with Gasteiger partial charge in [0.25, 0.3) is 10.1 Å². The summed E-state index contributed by atoms with van der Waals surface area (Å²) < 4.78 is 50.0. The third-order valence-corrected chi connectivity index (χ3v) is 4.05. The van der Waals surface area contributed by atoms with Gasteiger partial charge in [0.1, 0.15) is 10.7 Å². The fraction of sp³-hybridized carbons (Fsp3) is 0.0667. The number of hydrogen-bond donors (Lipinski definition) is 1. The van der Waals surface area contributed by atoms with Crippen molar-refractivity contribution in [2.45, 2.75) is 11.8 Å². The standard InChI is InChI=1S/C15H11FO6S/c1-9-12(16)8-7-11(13(9)23(19,20)21)15(18)22-14(17)10-5-3-2-4-6-10/h2-8H,1H3,(H,19,20,21). The number of benzene rings is 2. The fourth-order valence-corrected chi connectivity index (χ4v) is 2.85. The number of carbonyl (C=O) groups is 2. The van der Waals surface area contributed by atoms with Crippen molar-refractivity contribution in [3.05, 3.63) is 65.0 Å². The Labute approximate surface area is 131 Å². The number of ether oxygens (including phenoxy) is 1. The Hall–Kier alpha value is -2.58. The normalized spacial score (nSPS) is 11.1. The molecule has 0 aliphatic rings. The predicted octanol–water partition coefficient (Wildman–Crippen LogP) is 2.38. The summed E-state index contributed by atoms with van der Waals surface area (Å²) in [4.78, 5) is 22.9. The monoisotopic (exact) mass is 338 g/mol. The lowest BCUT2D eigenvalue weighted by Gasteiger charge is -2.10. The number of esters is 2. The van der Waals surface area contributed by atoms with Gasteiger partial charge in [-0.3, -0.25) is 4.55 Å². The molecule has 0 heterocycles. The van der Waals surface area contributed by atoms with Crippen LogP contribution in [-0.4, -0.2) is 24.9 Å². The smallest absolute Gasteiger partial charge is 0.347 e. The number of rotatable bonds is 3. The Balaban J connectivity index is 2.41. The minimum absolute atomic E-state index is 0.0769. The molecule has 6 nitrogen and oxygen atoms in total. The Morgan fingerprint density at radius 2 is 1.65 bits per heavy atom. The summed E-state index contributed by atoms with van der Waals surface area (Å²) >= 11 is 0. The molecule has 0 unspecified atom stereocenters. The molecule has 0 aromatic heterocycles. The Kier molecular flexibility index (Phi) is 4.57. The molecule has 120 valence electrons. The second-order valence-corrected chi connectivity index (χ2v) is 5.93. The molecule has 0 fully saturated rings. The maximum atomic E-state index is 13.5. The molecular weight excluding hydrogens is 327 g/mol. The average Bonchev–Trinajstić information content (AvgIpc) is 2.49. The number of carbonyl (C=O) groups excluding carboxylic acids is 2. The van der Waals surface area contributed by atoms with Crippen molar-refractivity contribution in [3.8, 4) is 0 Å². The molecule has 23 heavy (non-hydrogen) atoms. The van der Waals surface area contributed by atoms with Crippen molar-refractivity contribution in [1.29, 1.82) is 0 Å². The summed E-state index contributed by atoms with van der Waals surface area (Å²) in [5, 5.41) is 0. The van der Waals surface area contributed by atoms with Gasteiger partial charge in [-0.2, -0.15) is 8.42 Å². The number of hydrogen-bond acceptors (Lipinski definition) is 5. The third kappa shape index (κ3) is 3.61.